The molecule has 1 nitrogen and oxygen atoms in total. The third-order valence-corrected chi connectivity index (χ3v) is 2.27. The van der Waals surface area contributed by atoms with Gasteiger partial charge in [-0.2, -0.15) is 0 Å². The van der Waals surface area contributed by atoms with E-state index in [4.69, 9.17) is 5.73 Å². The molecule has 0 aliphatic carbocycles. The minimum atomic E-state index is -0.120. The minimum absolute atomic E-state index is 0.120. The largest absolute Gasteiger partial charge is 0.328 e. The summed E-state index contributed by atoms with van der Waals surface area (Å²) >= 11 is 0. The Bertz CT molecular complexity index is 260. The third-order valence-electron chi connectivity index (χ3n) is 2.27. The molecule has 0 saturated carbocycles. The van der Waals surface area contributed by atoms with Crippen molar-refractivity contribution in [2.75, 3.05) is 0 Å². The molecule has 0 spiro atoms. The van der Waals surface area contributed by atoms with Crippen molar-refractivity contribution in [1.29, 1.82) is 0 Å². The van der Waals surface area contributed by atoms with Crippen LogP contribution in [0.3, 0.4) is 0 Å². The highest BCUT2D eigenvalue weighted by atomic mass is 19.1. The maximum atomic E-state index is 13.1. The average Bonchev–Trinajstić information content (AvgIpc) is 2.16. The lowest BCUT2D eigenvalue weighted by molar-refractivity contribution is 0.566. The SMILES string of the molecule is CCC(N)CCc1ccccc1F. The van der Waals surface area contributed by atoms with Gasteiger partial charge in [-0.1, -0.05) is 25.1 Å². The van der Waals surface area contributed by atoms with Gasteiger partial charge >= 0.3 is 0 Å². The summed E-state index contributed by atoms with van der Waals surface area (Å²) in [6.45, 7) is 2.05. The maximum absolute atomic E-state index is 13.1. The molecule has 2 heteroatoms. The molecule has 0 fully saturated rings. The number of benzene rings is 1. The zero-order valence-electron chi connectivity index (χ0n) is 7.96. The van der Waals surface area contributed by atoms with Gasteiger partial charge in [-0.15, -0.1) is 0 Å². The fourth-order valence-electron chi connectivity index (χ4n) is 1.25. The number of hydrogen-bond acceptors (Lipinski definition) is 1. The number of nitrogens with two attached hydrogens (primary N) is 1. The first-order chi connectivity index (χ1) is 6.24. The van der Waals surface area contributed by atoms with Crippen LogP contribution in [0.5, 0.6) is 0 Å². The van der Waals surface area contributed by atoms with Gasteiger partial charge in [0, 0.05) is 6.04 Å². The summed E-state index contributed by atoms with van der Waals surface area (Å²) in [6, 6.07) is 7.07. The van der Waals surface area contributed by atoms with E-state index in [-0.39, 0.29) is 11.9 Å². The van der Waals surface area contributed by atoms with Crippen LogP contribution in [0.15, 0.2) is 24.3 Å². The second kappa shape index (κ2) is 4.97. The topological polar surface area (TPSA) is 26.0 Å². The van der Waals surface area contributed by atoms with Gasteiger partial charge in [0.25, 0.3) is 0 Å². The molecule has 0 aliphatic heterocycles. The lowest BCUT2D eigenvalue weighted by Gasteiger charge is -2.08. The Morgan fingerprint density at radius 3 is 2.69 bits per heavy atom. The molecule has 1 aromatic carbocycles. The first-order valence-corrected chi connectivity index (χ1v) is 4.73. The van der Waals surface area contributed by atoms with Crippen LogP contribution in [0.2, 0.25) is 0 Å². The summed E-state index contributed by atoms with van der Waals surface area (Å²) < 4.78 is 13.1. The van der Waals surface area contributed by atoms with Crippen molar-refractivity contribution in [3.8, 4) is 0 Å². The van der Waals surface area contributed by atoms with Crippen molar-refractivity contribution >= 4 is 0 Å². The predicted molar refractivity (Wildman–Crippen MR) is 53.0 cm³/mol. The number of hydrogen-bond donors (Lipinski definition) is 1. The van der Waals surface area contributed by atoms with Crippen LogP contribution in [0.4, 0.5) is 4.39 Å². The summed E-state index contributed by atoms with van der Waals surface area (Å²) in [5.74, 6) is -0.120. The molecule has 0 amide bonds. The van der Waals surface area contributed by atoms with Crippen molar-refractivity contribution in [3.05, 3.63) is 35.6 Å². The predicted octanol–water partition coefficient (Wildman–Crippen LogP) is 2.50. The molecule has 72 valence electrons. The highest BCUT2D eigenvalue weighted by Gasteiger charge is 2.03. The van der Waals surface area contributed by atoms with E-state index in [1.54, 1.807) is 6.07 Å². The van der Waals surface area contributed by atoms with Crippen LogP contribution < -0.4 is 5.73 Å². The van der Waals surface area contributed by atoms with Crippen LogP contribution >= 0.6 is 0 Å². The molecular formula is C11H16FN. The Hall–Kier alpha value is -0.890. The van der Waals surface area contributed by atoms with Gasteiger partial charge in [-0.25, -0.2) is 4.39 Å². The Labute approximate surface area is 78.8 Å². The Morgan fingerprint density at radius 1 is 1.38 bits per heavy atom. The fourth-order valence-corrected chi connectivity index (χ4v) is 1.25. The molecule has 1 atom stereocenters. The summed E-state index contributed by atoms with van der Waals surface area (Å²) in [7, 11) is 0. The van der Waals surface area contributed by atoms with Crippen LogP contribution in [0.1, 0.15) is 25.3 Å². The van der Waals surface area contributed by atoms with Crippen LogP contribution in [-0.4, -0.2) is 6.04 Å². The molecule has 1 aromatic rings. The smallest absolute Gasteiger partial charge is 0.126 e. The highest BCUT2D eigenvalue weighted by Crippen LogP contribution is 2.10. The molecule has 2 N–H and O–H groups in total. The standard InChI is InChI=1S/C11H16FN/c1-2-10(13)8-7-9-5-3-4-6-11(9)12/h3-6,10H,2,7-8,13H2,1H3. The zero-order valence-corrected chi connectivity index (χ0v) is 7.96. The van der Waals surface area contributed by atoms with E-state index in [9.17, 15) is 4.39 Å². The third kappa shape index (κ3) is 3.15. The van der Waals surface area contributed by atoms with Crippen molar-refractivity contribution in [2.45, 2.75) is 32.2 Å². The lowest BCUT2D eigenvalue weighted by Crippen LogP contribution is -2.19. The second-order valence-electron chi connectivity index (χ2n) is 3.30. The molecule has 0 aliphatic rings. The van der Waals surface area contributed by atoms with Gasteiger partial charge in [0.15, 0.2) is 0 Å². The zero-order chi connectivity index (χ0) is 9.68. The normalized spacial score (nSPS) is 12.8. The molecule has 1 unspecified atom stereocenters. The van der Waals surface area contributed by atoms with Gasteiger partial charge in [-0.3, -0.25) is 0 Å². The van der Waals surface area contributed by atoms with Crippen molar-refractivity contribution in [2.24, 2.45) is 5.73 Å². The van der Waals surface area contributed by atoms with Gasteiger partial charge in [-0.05, 0) is 30.9 Å². The fraction of sp³-hybridized carbons (Fsp3) is 0.455. The van der Waals surface area contributed by atoms with E-state index in [2.05, 4.69) is 0 Å². The van der Waals surface area contributed by atoms with Gasteiger partial charge in [0.05, 0.1) is 0 Å². The summed E-state index contributed by atoms with van der Waals surface area (Å²) in [5.41, 5.74) is 6.52. The molecular weight excluding hydrogens is 165 g/mol. The van der Waals surface area contributed by atoms with Gasteiger partial charge in [0.2, 0.25) is 0 Å². The second-order valence-corrected chi connectivity index (χ2v) is 3.30. The molecule has 0 bridgehead atoms. The summed E-state index contributed by atoms with van der Waals surface area (Å²) in [5, 5.41) is 0. The van der Waals surface area contributed by atoms with Crippen molar-refractivity contribution < 1.29 is 4.39 Å². The van der Waals surface area contributed by atoms with Crippen LogP contribution in [0.25, 0.3) is 0 Å². The molecule has 0 aromatic heterocycles. The molecule has 0 saturated heterocycles. The molecule has 1 rings (SSSR count). The summed E-state index contributed by atoms with van der Waals surface area (Å²) in [6.07, 6.45) is 2.55. The highest BCUT2D eigenvalue weighted by molar-refractivity contribution is 5.17. The van der Waals surface area contributed by atoms with Gasteiger partial charge in [0.1, 0.15) is 5.82 Å². The quantitative estimate of drug-likeness (QED) is 0.758. The van der Waals surface area contributed by atoms with Crippen LogP contribution in [0, 0.1) is 5.82 Å². The van der Waals surface area contributed by atoms with Crippen molar-refractivity contribution in [1.82, 2.24) is 0 Å². The molecule has 0 radical (unpaired) electrons. The number of rotatable bonds is 4. The Morgan fingerprint density at radius 2 is 2.08 bits per heavy atom. The molecule has 0 heterocycles. The van der Waals surface area contributed by atoms with Crippen molar-refractivity contribution in [3.63, 3.8) is 0 Å². The maximum Gasteiger partial charge on any atom is 0.126 e. The van der Waals surface area contributed by atoms with E-state index in [0.29, 0.717) is 0 Å². The first kappa shape index (κ1) is 10.2. The number of aryl methyl sites for hydroxylation is 1. The van der Waals surface area contributed by atoms with E-state index >= 15 is 0 Å². The van der Waals surface area contributed by atoms with E-state index < -0.39 is 0 Å². The lowest BCUT2D eigenvalue weighted by atomic mass is 10.0. The first-order valence-electron chi connectivity index (χ1n) is 4.73. The minimum Gasteiger partial charge on any atom is -0.328 e. The summed E-state index contributed by atoms with van der Waals surface area (Å²) in [4.78, 5) is 0. The van der Waals surface area contributed by atoms with Gasteiger partial charge < -0.3 is 5.73 Å². The number of halogens is 1. The monoisotopic (exact) mass is 181 g/mol. The average molecular weight is 181 g/mol. The van der Waals surface area contributed by atoms with E-state index in [1.807, 2.05) is 19.1 Å². The molecule has 13 heavy (non-hydrogen) atoms. The van der Waals surface area contributed by atoms with Crippen LogP contribution in [-0.2, 0) is 6.42 Å². The van der Waals surface area contributed by atoms with E-state index in [1.165, 1.54) is 6.07 Å². The Balaban J connectivity index is 2.50. The van der Waals surface area contributed by atoms with E-state index in [0.717, 1.165) is 24.8 Å². The Kier molecular flexibility index (Phi) is 3.90.